The summed E-state index contributed by atoms with van der Waals surface area (Å²) >= 11 is 0. The van der Waals surface area contributed by atoms with Crippen LogP contribution in [0.3, 0.4) is 0 Å². The number of aromatic nitrogens is 2. The summed E-state index contributed by atoms with van der Waals surface area (Å²) in [4.78, 5) is 0. The van der Waals surface area contributed by atoms with Crippen molar-refractivity contribution in [2.45, 2.75) is 46.7 Å². The lowest BCUT2D eigenvalue weighted by atomic mass is 10.1. The van der Waals surface area contributed by atoms with Gasteiger partial charge in [-0.05, 0) is 25.3 Å². The van der Waals surface area contributed by atoms with Gasteiger partial charge in [-0.2, -0.15) is 5.10 Å². The molecule has 0 aliphatic rings. The molecule has 18 heavy (non-hydrogen) atoms. The van der Waals surface area contributed by atoms with E-state index >= 15 is 0 Å². The highest BCUT2D eigenvalue weighted by Gasteiger charge is 1.99. The predicted octanol–water partition coefficient (Wildman–Crippen LogP) is 2.45. The summed E-state index contributed by atoms with van der Waals surface area (Å²) < 4.78 is 7.54. The van der Waals surface area contributed by atoms with Crippen molar-refractivity contribution in [3.05, 3.63) is 18.0 Å². The van der Waals surface area contributed by atoms with Gasteiger partial charge in [-0.1, -0.05) is 20.8 Å². The summed E-state index contributed by atoms with van der Waals surface area (Å²) in [5, 5.41) is 7.69. The van der Waals surface area contributed by atoms with Gasteiger partial charge < -0.3 is 10.1 Å². The first-order chi connectivity index (χ1) is 8.72. The third kappa shape index (κ3) is 6.77. The molecule has 0 atom stereocenters. The Balaban J connectivity index is 2.11. The quantitative estimate of drug-likeness (QED) is 0.651. The second-order valence-electron chi connectivity index (χ2n) is 5.08. The maximum Gasteiger partial charge on any atom is 0.0662 e. The minimum absolute atomic E-state index is 0.714. The van der Waals surface area contributed by atoms with Crippen LogP contribution in [0.5, 0.6) is 0 Å². The van der Waals surface area contributed by atoms with E-state index in [-0.39, 0.29) is 0 Å². The van der Waals surface area contributed by atoms with Gasteiger partial charge in [-0.3, -0.25) is 4.68 Å². The van der Waals surface area contributed by atoms with Gasteiger partial charge in [0.1, 0.15) is 0 Å². The van der Waals surface area contributed by atoms with E-state index < -0.39 is 0 Å². The molecule has 0 aromatic carbocycles. The summed E-state index contributed by atoms with van der Waals surface area (Å²) in [6.45, 7) is 11.0. The smallest absolute Gasteiger partial charge is 0.0662 e. The van der Waals surface area contributed by atoms with Gasteiger partial charge in [0.15, 0.2) is 0 Å². The van der Waals surface area contributed by atoms with E-state index in [2.05, 4.69) is 37.4 Å². The molecule has 0 amide bonds. The van der Waals surface area contributed by atoms with Crippen molar-refractivity contribution >= 4 is 0 Å². The Kier molecular flexibility index (Phi) is 7.69. The van der Waals surface area contributed by atoms with E-state index in [4.69, 9.17) is 4.74 Å². The van der Waals surface area contributed by atoms with E-state index in [9.17, 15) is 0 Å². The lowest BCUT2D eigenvalue weighted by Crippen LogP contribution is -2.13. The number of nitrogens with one attached hydrogen (secondary N) is 1. The zero-order valence-corrected chi connectivity index (χ0v) is 12.0. The van der Waals surface area contributed by atoms with Gasteiger partial charge >= 0.3 is 0 Å². The Morgan fingerprint density at radius 1 is 1.39 bits per heavy atom. The van der Waals surface area contributed by atoms with Crippen molar-refractivity contribution < 1.29 is 4.74 Å². The Bertz CT molecular complexity index is 310. The summed E-state index contributed by atoms with van der Waals surface area (Å²) in [6, 6.07) is 0. The molecule has 1 aromatic rings. The average molecular weight is 253 g/mol. The Morgan fingerprint density at radius 3 is 2.94 bits per heavy atom. The van der Waals surface area contributed by atoms with E-state index in [1.165, 1.54) is 5.56 Å². The van der Waals surface area contributed by atoms with Crippen LogP contribution >= 0.6 is 0 Å². The van der Waals surface area contributed by atoms with E-state index in [1.807, 2.05) is 10.9 Å². The highest BCUT2D eigenvalue weighted by Crippen LogP contribution is 2.00. The molecule has 0 bridgehead atoms. The molecule has 4 nitrogen and oxygen atoms in total. The molecule has 1 heterocycles. The van der Waals surface area contributed by atoms with Crippen molar-refractivity contribution in [2.75, 3.05) is 19.8 Å². The van der Waals surface area contributed by atoms with Crippen molar-refractivity contribution in [1.82, 2.24) is 15.1 Å². The Morgan fingerprint density at radius 2 is 2.22 bits per heavy atom. The first-order valence-corrected chi connectivity index (χ1v) is 7.02. The third-order valence-electron chi connectivity index (χ3n) is 2.75. The maximum atomic E-state index is 5.58. The summed E-state index contributed by atoms with van der Waals surface area (Å²) in [5.41, 5.74) is 1.24. The molecule has 0 spiro atoms. The molecule has 0 unspecified atom stereocenters. The topological polar surface area (TPSA) is 39.1 Å². The van der Waals surface area contributed by atoms with Crippen LogP contribution in [0.25, 0.3) is 0 Å². The fourth-order valence-corrected chi connectivity index (χ4v) is 1.61. The zero-order valence-electron chi connectivity index (χ0n) is 12.0. The van der Waals surface area contributed by atoms with Gasteiger partial charge in [0.05, 0.1) is 19.3 Å². The molecule has 1 aromatic heterocycles. The van der Waals surface area contributed by atoms with Crippen LogP contribution in [0.2, 0.25) is 0 Å². The monoisotopic (exact) mass is 253 g/mol. The van der Waals surface area contributed by atoms with Gasteiger partial charge in [0.25, 0.3) is 0 Å². The standard InChI is InChI=1S/C14H27N3O/c1-4-6-15-10-14-11-16-17(12-14)7-9-18-8-5-13(2)3/h11-13,15H,4-10H2,1-3H3. The van der Waals surface area contributed by atoms with E-state index in [1.54, 1.807) is 0 Å². The molecule has 1 N–H and O–H groups in total. The van der Waals surface area contributed by atoms with Crippen LogP contribution < -0.4 is 5.32 Å². The van der Waals surface area contributed by atoms with E-state index in [0.29, 0.717) is 5.92 Å². The molecule has 0 saturated carbocycles. The van der Waals surface area contributed by atoms with Crippen molar-refractivity contribution in [3.63, 3.8) is 0 Å². The SMILES string of the molecule is CCCNCc1cnn(CCOCCC(C)C)c1. The van der Waals surface area contributed by atoms with Crippen LogP contribution in [0.1, 0.15) is 39.2 Å². The zero-order chi connectivity index (χ0) is 13.2. The Labute approximate surface area is 111 Å². The molecular weight excluding hydrogens is 226 g/mol. The van der Waals surface area contributed by atoms with Gasteiger partial charge in [0.2, 0.25) is 0 Å². The summed E-state index contributed by atoms with van der Waals surface area (Å²) in [7, 11) is 0. The maximum absolute atomic E-state index is 5.58. The highest BCUT2D eigenvalue weighted by molar-refractivity contribution is 5.03. The van der Waals surface area contributed by atoms with E-state index in [0.717, 1.165) is 45.7 Å². The average Bonchev–Trinajstić information content (AvgIpc) is 2.77. The van der Waals surface area contributed by atoms with Gasteiger partial charge in [-0.15, -0.1) is 0 Å². The minimum Gasteiger partial charge on any atom is -0.380 e. The largest absolute Gasteiger partial charge is 0.380 e. The predicted molar refractivity (Wildman–Crippen MR) is 74.5 cm³/mol. The second-order valence-corrected chi connectivity index (χ2v) is 5.08. The fourth-order valence-electron chi connectivity index (χ4n) is 1.61. The minimum atomic E-state index is 0.714. The molecule has 104 valence electrons. The molecule has 4 heteroatoms. The number of hydrogen-bond acceptors (Lipinski definition) is 3. The van der Waals surface area contributed by atoms with Crippen LogP contribution in [0.4, 0.5) is 0 Å². The first kappa shape index (κ1) is 15.2. The van der Waals surface area contributed by atoms with Crippen molar-refractivity contribution in [1.29, 1.82) is 0 Å². The molecular formula is C14H27N3O. The third-order valence-corrected chi connectivity index (χ3v) is 2.75. The molecule has 0 aliphatic heterocycles. The van der Waals surface area contributed by atoms with Crippen molar-refractivity contribution in [2.24, 2.45) is 5.92 Å². The lowest BCUT2D eigenvalue weighted by Gasteiger charge is -2.06. The number of rotatable bonds is 10. The second kappa shape index (κ2) is 9.11. The lowest BCUT2D eigenvalue weighted by molar-refractivity contribution is 0.114. The van der Waals surface area contributed by atoms with Crippen LogP contribution in [-0.4, -0.2) is 29.5 Å². The molecule has 0 saturated heterocycles. The highest BCUT2D eigenvalue weighted by atomic mass is 16.5. The molecule has 0 fully saturated rings. The summed E-state index contributed by atoms with van der Waals surface area (Å²) in [6.07, 6.45) is 6.31. The van der Waals surface area contributed by atoms with Crippen LogP contribution in [-0.2, 0) is 17.8 Å². The summed E-state index contributed by atoms with van der Waals surface area (Å²) in [5.74, 6) is 0.714. The van der Waals surface area contributed by atoms with Crippen LogP contribution in [0.15, 0.2) is 12.4 Å². The Hall–Kier alpha value is -0.870. The fraction of sp³-hybridized carbons (Fsp3) is 0.786. The van der Waals surface area contributed by atoms with Gasteiger partial charge in [0, 0.05) is 24.9 Å². The number of ether oxygens (including phenoxy) is 1. The number of hydrogen-bond donors (Lipinski definition) is 1. The molecule has 0 radical (unpaired) electrons. The van der Waals surface area contributed by atoms with Crippen molar-refractivity contribution in [3.8, 4) is 0 Å². The molecule has 0 aliphatic carbocycles. The van der Waals surface area contributed by atoms with Crippen LogP contribution in [0, 0.1) is 5.92 Å². The normalized spacial score (nSPS) is 11.3. The van der Waals surface area contributed by atoms with Gasteiger partial charge in [-0.25, -0.2) is 0 Å². The first-order valence-electron chi connectivity index (χ1n) is 7.02. The number of nitrogens with zero attached hydrogens (tertiary/aromatic N) is 2. The molecule has 1 rings (SSSR count).